The monoisotopic (exact) mass is 424 g/mol. The highest BCUT2D eigenvalue weighted by Gasteiger charge is 2.64. The van der Waals surface area contributed by atoms with Crippen molar-refractivity contribution in [2.24, 2.45) is 46.2 Å². The van der Waals surface area contributed by atoms with Gasteiger partial charge in [-0.2, -0.15) is 0 Å². The van der Waals surface area contributed by atoms with Crippen LogP contribution in [0.15, 0.2) is 24.4 Å². The lowest BCUT2D eigenvalue weighted by molar-refractivity contribution is -0.133. The molecule has 170 valence electrons. The van der Waals surface area contributed by atoms with E-state index in [1.54, 1.807) is 0 Å². The number of amides is 1. The molecule has 0 aromatic carbocycles. The molecule has 4 aliphatic rings. The van der Waals surface area contributed by atoms with Crippen LogP contribution in [0.4, 0.5) is 5.82 Å². The fourth-order valence-electron chi connectivity index (χ4n) is 9.66. The number of rotatable bonds is 3. The lowest BCUT2D eigenvalue weighted by atomic mass is 9.46. The molecule has 3 aliphatic carbocycles. The summed E-state index contributed by atoms with van der Waals surface area (Å²) >= 11 is 0. The number of piperidine rings is 1. The van der Waals surface area contributed by atoms with Crippen molar-refractivity contribution in [2.75, 3.05) is 13.6 Å². The largest absolute Gasteiger partial charge is 0.369 e. The summed E-state index contributed by atoms with van der Waals surface area (Å²) in [4.78, 5) is 16.9. The second kappa shape index (κ2) is 7.30. The summed E-state index contributed by atoms with van der Waals surface area (Å²) in [5.74, 6) is 4.05. The van der Waals surface area contributed by atoms with Crippen LogP contribution < -0.4 is 10.2 Å². The van der Waals surface area contributed by atoms with Gasteiger partial charge in [0.2, 0.25) is 11.7 Å². The molecule has 5 rings (SSSR count). The number of quaternary nitrogens is 1. The molecule has 1 aromatic heterocycles. The van der Waals surface area contributed by atoms with Crippen molar-refractivity contribution in [3.05, 3.63) is 24.4 Å². The summed E-state index contributed by atoms with van der Waals surface area (Å²) in [6.07, 6.45) is 12.4. The van der Waals surface area contributed by atoms with Crippen LogP contribution in [0.5, 0.6) is 0 Å². The van der Waals surface area contributed by atoms with Gasteiger partial charge < -0.3 is 5.73 Å². The number of nitrogens with zero attached hydrogens (tertiary/aromatic N) is 2. The Kier molecular flexibility index (Phi) is 5.04. The lowest BCUT2D eigenvalue weighted by Gasteiger charge is -2.63. The number of carbonyl (C=O) groups is 1. The van der Waals surface area contributed by atoms with Crippen molar-refractivity contribution in [3.8, 4) is 0 Å². The minimum absolute atomic E-state index is 0.0114. The van der Waals surface area contributed by atoms with Crippen LogP contribution in [0.1, 0.15) is 72.1 Å². The molecular weight excluding hydrogens is 382 g/mol. The van der Waals surface area contributed by atoms with E-state index in [1.807, 2.05) is 12.3 Å². The summed E-state index contributed by atoms with van der Waals surface area (Å²) in [5.41, 5.74) is 6.46. The molecule has 4 heteroatoms. The predicted molar refractivity (Wildman–Crippen MR) is 126 cm³/mol. The molecule has 2 heterocycles. The topological polar surface area (TPSA) is 56.0 Å². The van der Waals surface area contributed by atoms with Gasteiger partial charge in [0, 0.05) is 30.0 Å². The van der Waals surface area contributed by atoms with Crippen molar-refractivity contribution in [3.63, 3.8) is 0 Å². The van der Waals surface area contributed by atoms with Gasteiger partial charge in [-0.1, -0.05) is 26.8 Å². The second-order valence-corrected chi connectivity index (χ2v) is 12.2. The summed E-state index contributed by atoms with van der Waals surface area (Å²) in [7, 11) is 2.46. The van der Waals surface area contributed by atoms with E-state index < -0.39 is 0 Å². The SMILES string of the molecule is CC(C(N)=O)[C@H]1CC[C@H]2[C@@H]3CC[C@@H]4[C@](C)(CCC[N+]4(C)c4ccccn4)[C@H]3CC[C@]12C. The fraction of sp³-hybridized carbons (Fsp3) is 0.778. The number of carbonyl (C=O) groups excluding carboxylic acids is 1. The minimum Gasteiger partial charge on any atom is -0.369 e. The average molecular weight is 425 g/mol. The number of primary amides is 1. The molecule has 1 aromatic rings. The molecule has 0 spiro atoms. The number of nitrogens with two attached hydrogens (primary N) is 1. The Morgan fingerprint density at radius 2 is 1.87 bits per heavy atom. The van der Waals surface area contributed by atoms with Crippen LogP contribution in [-0.4, -0.2) is 30.5 Å². The molecule has 4 nitrogen and oxygen atoms in total. The van der Waals surface area contributed by atoms with Gasteiger partial charge in [0.1, 0.15) is 6.04 Å². The summed E-state index contributed by atoms with van der Waals surface area (Å²) < 4.78 is 1.02. The standard InChI is InChI=1S/C27H41N3O/c1-18(25(28)31)20-10-11-21-19-9-12-23-27(3,22(19)13-15-26(20,21)2)14-7-17-30(23,4)24-8-5-6-16-29-24/h5-6,8,16,18-23H,7,9-15,17H2,1-4H3,(H-,28,31)/p+1/t18?,19-,20+,21-,22-,23+,26+,27+,30?/m0/s1. The number of likely N-dealkylation sites (tertiary alicyclic amines) is 1. The van der Waals surface area contributed by atoms with E-state index >= 15 is 0 Å². The van der Waals surface area contributed by atoms with Gasteiger partial charge in [0.15, 0.2) is 0 Å². The molecule has 0 bridgehead atoms. The Labute approximate surface area is 188 Å². The van der Waals surface area contributed by atoms with Gasteiger partial charge in [-0.25, -0.2) is 4.98 Å². The quantitative estimate of drug-likeness (QED) is 0.681. The highest BCUT2D eigenvalue weighted by molar-refractivity contribution is 5.76. The van der Waals surface area contributed by atoms with Gasteiger partial charge in [-0.15, -0.1) is 0 Å². The molecule has 1 aliphatic heterocycles. The summed E-state index contributed by atoms with van der Waals surface area (Å²) in [6.45, 7) is 8.44. The Bertz CT molecular complexity index is 842. The van der Waals surface area contributed by atoms with Crippen LogP contribution in [0, 0.1) is 40.4 Å². The second-order valence-electron chi connectivity index (χ2n) is 12.2. The third-order valence-electron chi connectivity index (χ3n) is 11.1. The van der Waals surface area contributed by atoms with Gasteiger partial charge in [-0.3, -0.25) is 9.28 Å². The summed E-state index contributed by atoms with van der Waals surface area (Å²) in [5, 5.41) is 0. The first kappa shape index (κ1) is 21.4. The molecule has 4 fully saturated rings. The first-order chi connectivity index (χ1) is 14.7. The third kappa shape index (κ3) is 2.96. The Morgan fingerprint density at radius 1 is 1.10 bits per heavy atom. The van der Waals surface area contributed by atoms with Crippen molar-refractivity contribution in [1.82, 2.24) is 9.47 Å². The van der Waals surface area contributed by atoms with E-state index in [2.05, 4.69) is 40.0 Å². The molecule has 2 N–H and O–H groups in total. The van der Waals surface area contributed by atoms with E-state index in [0.29, 0.717) is 22.8 Å². The van der Waals surface area contributed by atoms with E-state index in [0.717, 1.165) is 22.2 Å². The lowest BCUT2D eigenvalue weighted by Crippen LogP contribution is -2.69. The maximum Gasteiger partial charge on any atom is 0.227 e. The normalized spacial score (nSPS) is 47.7. The summed E-state index contributed by atoms with van der Waals surface area (Å²) in [6, 6.07) is 7.13. The van der Waals surface area contributed by atoms with Gasteiger partial charge >= 0.3 is 0 Å². The molecule has 1 amide bonds. The Hall–Kier alpha value is -1.42. The van der Waals surface area contributed by atoms with Crippen LogP contribution in [0.3, 0.4) is 0 Å². The zero-order valence-corrected chi connectivity index (χ0v) is 20.0. The number of pyridine rings is 1. The zero-order chi connectivity index (χ0) is 22.0. The van der Waals surface area contributed by atoms with Gasteiger partial charge in [-0.05, 0) is 80.1 Å². The molecule has 9 atom stereocenters. The molecular formula is C27H42N3O+. The minimum atomic E-state index is -0.0969. The van der Waals surface area contributed by atoms with Gasteiger partial charge in [0.05, 0.1) is 13.6 Å². The van der Waals surface area contributed by atoms with Crippen molar-refractivity contribution in [1.29, 1.82) is 0 Å². The first-order valence-corrected chi connectivity index (χ1v) is 12.8. The molecule has 1 saturated heterocycles. The Balaban J connectivity index is 1.45. The van der Waals surface area contributed by atoms with E-state index in [4.69, 9.17) is 10.7 Å². The molecule has 0 radical (unpaired) electrons. The van der Waals surface area contributed by atoms with Crippen molar-refractivity contribution < 1.29 is 4.79 Å². The van der Waals surface area contributed by atoms with E-state index in [1.165, 1.54) is 63.7 Å². The zero-order valence-electron chi connectivity index (χ0n) is 20.0. The maximum atomic E-state index is 12.0. The van der Waals surface area contributed by atoms with Crippen LogP contribution in [0.2, 0.25) is 0 Å². The van der Waals surface area contributed by atoms with Crippen LogP contribution >= 0.6 is 0 Å². The number of fused-ring (bicyclic) bond motifs is 5. The van der Waals surface area contributed by atoms with Crippen molar-refractivity contribution in [2.45, 2.75) is 78.2 Å². The highest BCUT2D eigenvalue weighted by atomic mass is 16.1. The van der Waals surface area contributed by atoms with Crippen molar-refractivity contribution >= 4 is 11.7 Å². The molecule has 3 saturated carbocycles. The Morgan fingerprint density at radius 3 is 2.58 bits per heavy atom. The number of hydrogen-bond donors (Lipinski definition) is 1. The van der Waals surface area contributed by atoms with Gasteiger partial charge in [0.25, 0.3) is 0 Å². The average Bonchev–Trinajstić information content (AvgIpc) is 3.10. The van der Waals surface area contributed by atoms with Crippen LogP contribution in [-0.2, 0) is 4.79 Å². The molecule has 31 heavy (non-hydrogen) atoms. The highest BCUT2D eigenvalue weighted by Crippen LogP contribution is 2.67. The first-order valence-electron chi connectivity index (χ1n) is 12.8. The molecule has 2 unspecified atom stereocenters. The maximum absolute atomic E-state index is 12.0. The fourth-order valence-corrected chi connectivity index (χ4v) is 9.66. The smallest absolute Gasteiger partial charge is 0.227 e. The number of aromatic nitrogens is 1. The van der Waals surface area contributed by atoms with E-state index in [-0.39, 0.29) is 11.8 Å². The van der Waals surface area contributed by atoms with Crippen LogP contribution in [0.25, 0.3) is 0 Å². The third-order valence-corrected chi connectivity index (χ3v) is 11.1. The number of hydrogen-bond acceptors (Lipinski definition) is 2. The predicted octanol–water partition coefficient (Wildman–Crippen LogP) is 5.16. The van der Waals surface area contributed by atoms with E-state index in [9.17, 15) is 4.79 Å².